The summed E-state index contributed by atoms with van der Waals surface area (Å²) in [5.41, 5.74) is 2.41. The molecule has 0 spiro atoms. The Labute approximate surface area is 118 Å². The molecule has 1 fully saturated rings. The van der Waals surface area contributed by atoms with Crippen LogP contribution in [0.25, 0.3) is 10.6 Å². The lowest BCUT2D eigenvalue weighted by Crippen LogP contribution is -2.49. The average molecular weight is 273 g/mol. The van der Waals surface area contributed by atoms with Crippen molar-refractivity contribution in [2.75, 3.05) is 19.6 Å². The Morgan fingerprint density at radius 2 is 2.21 bits per heavy atom. The summed E-state index contributed by atoms with van der Waals surface area (Å²) in [5.74, 6) is 0. The Hall–Kier alpha value is -1.23. The van der Waals surface area contributed by atoms with E-state index in [0.717, 1.165) is 31.2 Å². The molecule has 1 aliphatic rings. The lowest BCUT2D eigenvalue weighted by atomic mass is 10.2. The summed E-state index contributed by atoms with van der Waals surface area (Å²) in [6.07, 6.45) is 0. The zero-order chi connectivity index (χ0) is 13.1. The van der Waals surface area contributed by atoms with Gasteiger partial charge < -0.3 is 5.32 Å². The minimum atomic E-state index is 0.593. The fourth-order valence-electron chi connectivity index (χ4n) is 2.42. The quantitative estimate of drug-likeness (QED) is 0.931. The fourth-order valence-corrected chi connectivity index (χ4v) is 3.24. The minimum Gasteiger partial charge on any atom is -0.314 e. The molecule has 1 saturated heterocycles. The fraction of sp³-hybridized carbons (Fsp3) is 0.400. The van der Waals surface area contributed by atoms with Crippen molar-refractivity contribution in [3.63, 3.8) is 0 Å². The van der Waals surface area contributed by atoms with Crippen molar-refractivity contribution in [1.29, 1.82) is 0 Å². The van der Waals surface area contributed by atoms with E-state index in [1.807, 2.05) is 6.07 Å². The van der Waals surface area contributed by atoms with Crippen LogP contribution in [0, 0.1) is 0 Å². The average Bonchev–Trinajstić information content (AvgIpc) is 2.91. The molecule has 4 heteroatoms. The van der Waals surface area contributed by atoms with Crippen molar-refractivity contribution >= 4 is 11.3 Å². The topological polar surface area (TPSA) is 28.2 Å². The maximum absolute atomic E-state index is 4.77. The largest absolute Gasteiger partial charge is 0.314 e. The van der Waals surface area contributed by atoms with Crippen LogP contribution in [0.15, 0.2) is 35.7 Å². The van der Waals surface area contributed by atoms with Gasteiger partial charge in [-0.05, 0) is 6.92 Å². The number of piperazine rings is 1. The molecule has 100 valence electrons. The second-order valence-corrected chi connectivity index (χ2v) is 5.89. The Balaban J connectivity index is 1.71. The molecule has 3 rings (SSSR count). The summed E-state index contributed by atoms with van der Waals surface area (Å²) in [6.45, 7) is 6.51. The van der Waals surface area contributed by atoms with E-state index in [0.29, 0.717) is 6.04 Å². The maximum atomic E-state index is 4.77. The highest BCUT2D eigenvalue weighted by Gasteiger charge is 2.18. The van der Waals surface area contributed by atoms with Gasteiger partial charge in [0.2, 0.25) is 0 Å². The van der Waals surface area contributed by atoms with Crippen LogP contribution in [-0.2, 0) is 6.54 Å². The lowest BCUT2D eigenvalue weighted by Gasteiger charge is -2.33. The molecule has 2 heterocycles. The molecule has 0 unspecified atom stereocenters. The summed E-state index contributed by atoms with van der Waals surface area (Å²) >= 11 is 1.74. The van der Waals surface area contributed by atoms with Crippen LogP contribution in [0.4, 0.5) is 0 Å². The van der Waals surface area contributed by atoms with E-state index in [4.69, 9.17) is 4.98 Å². The zero-order valence-electron chi connectivity index (χ0n) is 11.2. The summed E-state index contributed by atoms with van der Waals surface area (Å²) in [4.78, 5) is 7.27. The van der Waals surface area contributed by atoms with Crippen molar-refractivity contribution in [1.82, 2.24) is 15.2 Å². The number of aromatic nitrogens is 1. The van der Waals surface area contributed by atoms with Crippen LogP contribution in [-0.4, -0.2) is 35.6 Å². The van der Waals surface area contributed by atoms with Gasteiger partial charge in [0.15, 0.2) is 0 Å². The first kappa shape index (κ1) is 12.8. The zero-order valence-corrected chi connectivity index (χ0v) is 12.0. The van der Waals surface area contributed by atoms with Crippen LogP contribution in [0.5, 0.6) is 0 Å². The Bertz CT molecular complexity index is 523. The first-order valence-corrected chi connectivity index (χ1v) is 7.65. The third-order valence-electron chi connectivity index (χ3n) is 3.58. The second kappa shape index (κ2) is 5.82. The number of thiazole rings is 1. The molecule has 19 heavy (non-hydrogen) atoms. The molecule has 1 atom stereocenters. The van der Waals surface area contributed by atoms with Crippen molar-refractivity contribution < 1.29 is 0 Å². The Kier molecular flexibility index (Phi) is 3.92. The summed E-state index contributed by atoms with van der Waals surface area (Å²) in [7, 11) is 0. The highest BCUT2D eigenvalue weighted by molar-refractivity contribution is 7.13. The third-order valence-corrected chi connectivity index (χ3v) is 4.52. The van der Waals surface area contributed by atoms with Gasteiger partial charge >= 0.3 is 0 Å². The Morgan fingerprint density at radius 1 is 1.37 bits per heavy atom. The van der Waals surface area contributed by atoms with Gasteiger partial charge in [-0.15, -0.1) is 11.3 Å². The van der Waals surface area contributed by atoms with E-state index >= 15 is 0 Å². The van der Waals surface area contributed by atoms with Gasteiger partial charge in [0, 0.05) is 43.2 Å². The molecule has 0 radical (unpaired) electrons. The van der Waals surface area contributed by atoms with E-state index in [1.165, 1.54) is 11.3 Å². The van der Waals surface area contributed by atoms with Gasteiger partial charge in [-0.25, -0.2) is 4.98 Å². The highest BCUT2D eigenvalue weighted by atomic mass is 32.1. The first-order valence-electron chi connectivity index (χ1n) is 6.77. The molecule has 1 aromatic heterocycles. The van der Waals surface area contributed by atoms with Crippen LogP contribution < -0.4 is 5.32 Å². The number of hydrogen-bond acceptors (Lipinski definition) is 4. The predicted octanol–water partition coefficient (Wildman–Crippen LogP) is 2.60. The van der Waals surface area contributed by atoms with E-state index in [9.17, 15) is 0 Å². The molecule has 0 bridgehead atoms. The molecule has 0 aliphatic carbocycles. The van der Waals surface area contributed by atoms with Crippen molar-refractivity contribution in [3.8, 4) is 10.6 Å². The number of rotatable bonds is 3. The van der Waals surface area contributed by atoms with Gasteiger partial charge in [-0.1, -0.05) is 30.3 Å². The van der Waals surface area contributed by atoms with Gasteiger partial charge in [0.25, 0.3) is 0 Å². The molecule has 1 aliphatic heterocycles. The number of nitrogens with one attached hydrogen (secondary N) is 1. The number of benzene rings is 1. The van der Waals surface area contributed by atoms with E-state index in [1.54, 1.807) is 11.3 Å². The molecular weight excluding hydrogens is 254 g/mol. The molecule has 1 N–H and O–H groups in total. The second-order valence-electron chi connectivity index (χ2n) is 5.03. The lowest BCUT2D eigenvalue weighted by molar-refractivity contribution is 0.164. The summed E-state index contributed by atoms with van der Waals surface area (Å²) in [5, 5.41) is 6.74. The van der Waals surface area contributed by atoms with E-state index in [2.05, 4.69) is 46.8 Å². The number of hydrogen-bond donors (Lipinski definition) is 1. The van der Waals surface area contributed by atoms with E-state index < -0.39 is 0 Å². The normalized spacial score (nSPS) is 20.6. The highest BCUT2D eigenvalue weighted by Crippen LogP contribution is 2.24. The standard InChI is InChI=1S/C15H19N3S/c1-12-9-16-7-8-18(12)10-14-11-19-15(17-14)13-5-3-2-4-6-13/h2-6,11-12,16H,7-10H2,1H3/t12-/m1/s1. The first-order chi connectivity index (χ1) is 9.33. The smallest absolute Gasteiger partial charge is 0.123 e. The third kappa shape index (κ3) is 3.03. The molecule has 0 saturated carbocycles. The van der Waals surface area contributed by atoms with Crippen molar-refractivity contribution in [2.24, 2.45) is 0 Å². The molecule has 0 amide bonds. The van der Waals surface area contributed by atoms with Gasteiger partial charge in [0.05, 0.1) is 5.69 Å². The van der Waals surface area contributed by atoms with Crippen LogP contribution >= 0.6 is 11.3 Å². The predicted molar refractivity (Wildman–Crippen MR) is 80.3 cm³/mol. The summed E-state index contributed by atoms with van der Waals surface area (Å²) in [6, 6.07) is 11.0. The maximum Gasteiger partial charge on any atom is 0.123 e. The summed E-state index contributed by atoms with van der Waals surface area (Å²) < 4.78 is 0. The molecule has 1 aromatic carbocycles. The van der Waals surface area contributed by atoms with Crippen LogP contribution in [0.2, 0.25) is 0 Å². The monoisotopic (exact) mass is 273 g/mol. The molecule has 3 nitrogen and oxygen atoms in total. The van der Waals surface area contributed by atoms with Gasteiger partial charge in [0.1, 0.15) is 5.01 Å². The number of nitrogens with zero attached hydrogens (tertiary/aromatic N) is 2. The van der Waals surface area contributed by atoms with Crippen molar-refractivity contribution in [3.05, 3.63) is 41.4 Å². The van der Waals surface area contributed by atoms with Gasteiger partial charge in [-0.2, -0.15) is 0 Å². The van der Waals surface area contributed by atoms with Crippen LogP contribution in [0.1, 0.15) is 12.6 Å². The van der Waals surface area contributed by atoms with Crippen LogP contribution in [0.3, 0.4) is 0 Å². The minimum absolute atomic E-state index is 0.593. The van der Waals surface area contributed by atoms with Crippen molar-refractivity contribution in [2.45, 2.75) is 19.5 Å². The molecular formula is C15H19N3S. The van der Waals surface area contributed by atoms with Gasteiger partial charge in [-0.3, -0.25) is 4.90 Å². The van der Waals surface area contributed by atoms with E-state index in [-0.39, 0.29) is 0 Å². The molecule has 2 aromatic rings. The SMILES string of the molecule is C[C@@H]1CNCCN1Cc1csc(-c2ccccc2)n1. The Morgan fingerprint density at radius 3 is 3.00 bits per heavy atom.